The summed E-state index contributed by atoms with van der Waals surface area (Å²) >= 11 is 9.39. The molecule has 1 saturated heterocycles. The van der Waals surface area contributed by atoms with E-state index in [0.29, 0.717) is 10.8 Å². The van der Waals surface area contributed by atoms with Crippen LogP contribution in [-0.4, -0.2) is 12.9 Å². The molecule has 2 nitrogen and oxygen atoms in total. The van der Waals surface area contributed by atoms with E-state index in [1.54, 1.807) is 0 Å². The Labute approximate surface area is 103 Å². The maximum atomic E-state index is 6.04. The third-order valence-electron chi connectivity index (χ3n) is 2.29. The Kier molecular flexibility index (Phi) is 3.89. The van der Waals surface area contributed by atoms with E-state index in [4.69, 9.17) is 21.1 Å². The van der Waals surface area contributed by atoms with E-state index < -0.39 is 0 Å². The van der Waals surface area contributed by atoms with Crippen molar-refractivity contribution in [2.24, 2.45) is 0 Å². The van der Waals surface area contributed by atoms with Gasteiger partial charge < -0.3 is 9.47 Å². The molecule has 82 valence electrons. The van der Waals surface area contributed by atoms with Gasteiger partial charge in [-0.1, -0.05) is 27.5 Å². The van der Waals surface area contributed by atoms with E-state index in [1.165, 1.54) is 0 Å². The summed E-state index contributed by atoms with van der Waals surface area (Å²) < 4.78 is 12.1. The van der Waals surface area contributed by atoms with Crippen LogP contribution >= 0.6 is 27.5 Å². The molecule has 0 saturated carbocycles. The Balaban J connectivity index is 2.03. The van der Waals surface area contributed by atoms with Crippen molar-refractivity contribution in [3.63, 3.8) is 0 Å². The summed E-state index contributed by atoms with van der Waals surface area (Å²) in [5, 5.41) is 0.610. The fourth-order valence-corrected chi connectivity index (χ4v) is 2.23. The predicted molar refractivity (Wildman–Crippen MR) is 63.4 cm³/mol. The maximum absolute atomic E-state index is 6.04. The highest BCUT2D eigenvalue weighted by Crippen LogP contribution is 2.29. The topological polar surface area (TPSA) is 18.5 Å². The van der Waals surface area contributed by atoms with E-state index in [0.717, 1.165) is 30.3 Å². The summed E-state index contributed by atoms with van der Waals surface area (Å²) in [7, 11) is 0. The van der Waals surface area contributed by atoms with Crippen LogP contribution in [-0.2, 0) is 4.74 Å². The lowest BCUT2D eigenvalue weighted by Crippen LogP contribution is -2.25. The largest absolute Gasteiger partial charge is 0.463 e. The molecule has 0 radical (unpaired) electrons. The van der Waals surface area contributed by atoms with E-state index in [2.05, 4.69) is 15.9 Å². The molecule has 0 aromatic heterocycles. The molecule has 4 heteroatoms. The van der Waals surface area contributed by atoms with Gasteiger partial charge in [0.2, 0.25) is 0 Å². The summed E-state index contributed by atoms with van der Waals surface area (Å²) in [6.07, 6.45) is 3.07. The van der Waals surface area contributed by atoms with Crippen molar-refractivity contribution in [1.29, 1.82) is 0 Å². The van der Waals surface area contributed by atoms with Gasteiger partial charge in [-0.05, 0) is 31.0 Å². The Bertz CT molecular complexity index is 337. The molecule has 1 fully saturated rings. The Hall–Kier alpha value is -0.250. The minimum atomic E-state index is -0.141. The summed E-state index contributed by atoms with van der Waals surface area (Å²) in [6, 6.07) is 5.58. The summed E-state index contributed by atoms with van der Waals surface area (Å²) in [5.41, 5.74) is 0. The van der Waals surface area contributed by atoms with E-state index in [1.807, 2.05) is 18.2 Å². The summed E-state index contributed by atoms with van der Waals surface area (Å²) in [6.45, 7) is 0.777. The molecule has 2 rings (SSSR count). The number of hydrogen-bond acceptors (Lipinski definition) is 2. The van der Waals surface area contributed by atoms with E-state index in [-0.39, 0.29) is 6.29 Å². The molecule has 0 bridgehead atoms. The predicted octanol–water partition coefficient (Wildman–Crippen LogP) is 4.01. The molecule has 1 atom stereocenters. The highest BCUT2D eigenvalue weighted by atomic mass is 79.9. The van der Waals surface area contributed by atoms with Crippen molar-refractivity contribution in [2.45, 2.75) is 25.6 Å². The summed E-state index contributed by atoms with van der Waals surface area (Å²) in [4.78, 5) is 0. The van der Waals surface area contributed by atoms with Gasteiger partial charge in [0, 0.05) is 10.9 Å². The van der Waals surface area contributed by atoms with Crippen molar-refractivity contribution in [2.75, 3.05) is 6.61 Å². The first-order valence-electron chi connectivity index (χ1n) is 4.99. The third-order valence-corrected chi connectivity index (χ3v) is 3.08. The van der Waals surface area contributed by atoms with Crippen LogP contribution in [0.4, 0.5) is 0 Å². The lowest BCUT2D eigenvalue weighted by molar-refractivity contribution is -0.105. The average molecular weight is 292 g/mol. The van der Waals surface area contributed by atoms with Gasteiger partial charge in [0.15, 0.2) is 6.29 Å². The molecule has 1 aliphatic heterocycles. The first-order valence-corrected chi connectivity index (χ1v) is 6.16. The lowest BCUT2D eigenvalue weighted by Gasteiger charge is -2.23. The zero-order chi connectivity index (χ0) is 10.7. The molecule has 0 aliphatic carbocycles. The number of halogens is 2. The Morgan fingerprint density at radius 3 is 2.93 bits per heavy atom. The van der Waals surface area contributed by atoms with Crippen LogP contribution in [0.15, 0.2) is 22.7 Å². The standard InChI is InChI=1S/C11H12BrClO2/c12-8-4-5-10(9(13)7-8)15-11-3-1-2-6-14-11/h4-5,7,11H,1-3,6H2. The molecule has 1 aromatic rings. The van der Waals surface area contributed by atoms with Crippen LogP contribution in [0.25, 0.3) is 0 Å². The highest BCUT2D eigenvalue weighted by molar-refractivity contribution is 9.10. The summed E-state index contributed by atoms with van der Waals surface area (Å²) in [5.74, 6) is 0.687. The molecule has 15 heavy (non-hydrogen) atoms. The molecule has 1 heterocycles. The minimum absolute atomic E-state index is 0.141. The van der Waals surface area contributed by atoms with Crippen molar-refractivity contribution < 1.29 is 9.47 Å². The molecule has 1 aromatic carbocycles. The van der Waals surface area contributed by atoms with Crippen molar-refractivity contribution in [3.05, 3.63) is 27.7 Å². The van der Waals surface area contributed by atoms with Crippen molar-refractivity contribution in [1.82, 2.24) is 0 Å². The maximum Gasteiger partial charge on any atom is 0.199 e. The first-order chi connectivity index (χ1) is 7.25. The van der Waals surface area contributed by atoms with Gasteiger partial charge in [0.25, 0.3) is 0 Å². The SMILES string of the molecule is Clc1cc(Br)ccc1OC1CCCCO1. The second-order valence-electron chi connectivity index (χ2n) is 3.49. The van der Waals surface area contributed by atoms with Crippen LogP contribution in [0.3, 0.4) is 0 Å². The van der Waals surface area contributed by atoms with Crippen molar-refractivity contribution >= 4 is 27.5 Å². The molecule has 0 N–H and O–H groups in total. The van der Waals surface area contributed by atoms with Gasteiger partial charge in [0.05, 0.1) is 11.6 Å². The van der Waals surface area contributed by atoms with Gasteiger partial charge >= 0.3 is 0 Å². The normalized spacial score (nSPS) is 21.3. The molecule has 0 spiro atoms. The molecule has 1 unspecified atom stereocenters. The molecule has 1 aliphatic rings. The van der Waals surface area contributed by atoms with Gasteiger partial charge in [-0.2, -0.15) is 0 Å². The fraction of sp³-hybridized carbons (Fsp3) is 0.455. The molecular weight excluding hydrogens is 279 g/mol. The molecular formula is C11H12BrClO2. The quantitative estimate of drug-likeness (QED) is 0.820. The number of rotatable bonds is 2. The second-order valence-corrected chi connectivity index (χ2v) is 4.81. The third kappa shape index (κ3) is 3.10. The lowest BCUT2D eigenvalue weighted by atomic mass is 10.2. The van der Waals surface area contributed by atoms with E-state index in [9.17, 15) is 0 Å². The van der Waals surface area contributed by atoms with Gasteiger partial charge in [-0.15, -0.1) is 0 Å². The van der Waals surface area contributed by atoms with Crippen LogP contribution in [0.1, 0.15) is 19.3 Å². The van der Waals surface area contributed by atoms with Gasteiger partial charge in [0.1, 0.15) is 5.75 Å². The first kappa shape index (κ1) is 11.2. The average Bonchev–Trinajstić information content (AvgIpc) is 2.24. The number of ether oxygens (including phenoxy) is 2. The zero-order valence-corrected chi connectivity index (χ0v) is 10.6. The van der Waals surface area contributed by atoms with Crippen LogP contribution < -0.4 is 4.74 Å². The molecule has 0 amide bonds. The van der Waals surface area contributed by atoms with Gasteiger partial charge in [-0.3, -0.25) is 0 Å². The number of benzene rings is 1. The minimum Gasteiger partial charge on any atom is -0.463 e. The number of hydrogen-bond donors (Lipinski definition) is 0. The van der Waals surface area contributed by atoms with Crippen LogP contribution in [0, 0.1) is 0 Å². The zero-order valence-electron chi connectivity index (χ0n) is 8.21. The van der Waals surface area contributed by atoms with Crippen LogP contribution in [0.2, 0.25) is 5.02 Å². The Morgan fingerprint density at radius 2 is 2.27 bits per heavy atom. The smallest absolute Gasteiger partial charge is 0.199 e. The van der Waals surface area contributed by atoms with Gasteiger partial charge in [-0.25, -0.2) is 0 Å². The second kappa shape index (κ2) is 5.19. The Morgan fingerprint density at radius 1 is 1.40 bits per heavy atom. The monoisotopic (exact) mass is 290 g/mol. The fourth-order valence-electron chi connectivity index (χ4n) is 1.52. The highest BCUT2D eigenvalue weighted by Gasteiger charge is 2.16. The van der Waals surface area contributed by atoms with Crippen LogP contribution in [0.5, 0.6) is 5.75 Å². The van der Waals surface area contributed by atoms with E-state index >= 15 is 0 Å². The van der Waals surface area contributed by atoms with Crippen molar-refractivity contribution in [3.8, 4) is 5.75 Å².